The van der Waals surface area contributed by atoms with Gasteiger partial charge in [-0.1, -0.05) is 37.6 Å². The Bertz CT molecular complexity index is 350. The summed E-state index contributed by atoms with van der Waals surface area (Å²) in [5, 5.41) is 14.0. The number of hydrogen-bond donors (Lipinski definition) is 2. The predicted molar refractivity (Wildman–Crippen MR) is 71.0 cm³/mol. The van der Waals surface area contributed by atoms with Crippen molar-refractivity contribution in [1.29, 1.82) is 0 Å². The van der Waals surface area contributed by atoms with Gasteiger partial charge in [-0.05, 0) is 43.9 Å². The zero-order chi connectivity index (χ0) is 12.3. The van der Waals surface area contributed by atoms with Crippen molar-refractivity contribution in [3.63, 3.8) is 0 Å². The average molecular weight is 233 g/mol. The molecule has 2 atom stereocenters. The molecule has 2 nitrogen and oxygen atoms in total. The van der Waals surface area contributed by atoms with Gasteiger partial charge in [-0.25, -0.2) is 0 Å². The maximum absolute atomic E-state index is 10.6. The minimum Gasteiger partial charge on any atom is -0.384 e. The van der Waals surface area contributed by atoms with Gasteiger partial charge >= 0.3 is 0 Å². The Balaban J connectivity index is 2.14. The van der Waals surface area contributed by atoms with Gasteiger partial charge < -0.3 is 10.4 Å². The summed E-state index contributed by atoms with van der Waals surface area (Å²) in [6.07, 6.45) is 4.50. The van der Waals surface area contributed by atoms with Crippen LogP contribution in [0.5, 0.6) is 0 Å². The van der Waals surface area contributed by atoms with Gasteiger partial charge in [0.1, 0.15) is 5.60 Å². The van der Waals surface area contributed by atoms with Gasteiger partial charge in [0.05, 0.1) is 0 Å². The molecule has 1 heterocycles. The van der Waals surface area contributed by atoms with Gasteiger partial charge in [-0.15, -0.1) is 0 Å². The molecule has 0 aliphatic carbocycles. The first-order valence-electron chi connectivity index (χ1n) is 6.69. The molecule has 0 aromatic heterocycles. The van der Waals surface area contributed by atoms with Crippen LogP contribution in [0.4, 0.5) is 0 Å². The summed E-state index contributed by atoms with van der Waals surface area (Å²) in [6.45, 7) is 5.13. The molecule has 0 radical (unpaired) electrons. The summed E-state index contributed by atoms with van der Waals surface area (Å²) in [5.41, 5.74) is 1.63. The van der Waals surface area contributed by atoms with Crippen LogP contribution in [-0.4, -0.2) is 17.7 Å². The van der Waals surface area contributed by atoms with E-state index in [1.807, 2.05) is 6.92 Å². The highest BCUT2D eigenvalue weighted by Crippen LogP contribution is 2.29. The van der Waals surface area contributed by atoms with Crippen molar-refractivity contribution in [2.75, 3.05) is 6.54 Å². The molecule has 0 spiro atoms. The molecule has 1 aromatic carbocycles. The number of aliphatic hydroxyl groups is 1. The largest absolute Gasteiger partial charge is 0.384 e. The van der Waals surface area contributed by atoms with Crippen molar-refractivity contribution in [3.05, 3.63) is 35.4 Å². The molecule has 1 aliphatic heterocycles. The summed E-state index contributed by atoms with van der Waals surface area (Å²) in [6, 6.07) is 8.63. The van der Waals surface area contributed by atoms with E-state index in [0.717, 1.165) is 31.4 Å². The summed E-state index contributed by atoms with van der Waals surface area (Å²) < 4.78 is 0. The Labute approximate surface area is 104 Å². The van der Waals surface area contributed by atoms with Crippen molar-refractivity contribution in [2.24, 2.45) is 0 Å². The van der Waals surface area contributed by atoms with E-state index in [9.17, 15) is 5.11 Å². The van der Waals surface area contributed by atoms with E-state index in [4.69, 9.17) is 0 Å². The first-order chi connectivity index (χ1) is 8.14. The minimum absolute atomic E-state index is 0.194. The van der Waals surface area contributed by atoms with E-state index in [1.54, 1.807) is 0 Å². The zero-order valence-electron chi connectivity index (χ0n) is 10.9. The van der Waals surface area contributed by atoms with Crippen LogP contribution in [-0.2, 0) is 12.0 Å². The summed E-state index contributed by atoms with van der Waals surface area (Å²) in [7, 11) is 0. The molecule has 0 saturated carbocycles. The van der Waals surface area contributed by atoms with Crippen LogP contribution in [0.1, 0.15) is 44.2 Å². The standard InChI is InChI=1S/C15H23NO/c1-3-5-12-7-9-13(10-8-12)15(2,17)14-6-4-11-16-14/h7-10,14,16-17H,3-6,11H2,1-2H3. The second-order valence-corrected chi connectivity index (χ2v) is 5.24. The third-order valence-corrected chi connectivity index (χ3v) is 3.82. The Kier molecular flexibility index (Phi) is 3.85. The van der Waals surface area contributed by atoms with Crippen LogP contribution < -0.4 is 5.32 Å². The van der Waals surface area contributed by atoms with Gasteiger partial charge in [0, 0.05) is 6.04 Å². The third kappa shape index (κ3) is 2.70. The lowest BCUT2D eigenvalue weighted by molar-refractivity contribution is 0.0218. The van der Waals surface area contributed by atoms with E-state index in [2.05, 4.69) is 36.5 Å². The second-order valence-electron chi connectivity index (χ2n) is 5.24. The van der Waals surface area contributed by atoms with Gasteiger partial charge in [0.2, 0.25) is 0 Å². The van der Waals surface area contributed by atoms with Crippen LogP contribution in [0, 0.1) is 0 Å². The molecular formula is C15H23NO. The van der Waals surface area contributed by atoms with Crippen molar-refractivity contribution in [2.45, 2.75) is 51.2 Å². The Hall–Kier alpha value is -0.860. The van der Waals surface area contributed by atoms with Gasteiger partial charge in [0.15, 0.2) is 0 Å². The predicted octanol–water partition coefficient (Wildman–Crippen LogP) is 2.60. The smallest absolute Gasteiger partial charge is 0.102 e. The Morgan fingerprint density at radius 3 is 2.59 bits per heavy atom. The monoisotopic (exact) mass is 233 g/mol. The first kappa shape index (κ1) is 12.6. The molecular weight excluding hydrogens is 210 g/mol. The Morgan fingerprint density at radius 2 is 2.06 bits per heavy atom. The summed E-state index contributed by atoms with van der Waals surface area (Å²) >= 11 is 0. The summed E-state index contributed by atoms with van der Waals surface area (Å²) in [5.74, 6) is 0. The maximum Gasteiger partial charge on any atom is 0.102 e. The summed E-state index contributed by atoms with van der Waals surface area (Å²) in [4.78, 5) is 0. The number of rotatable bonds is 4. The van der Waals surface area contributed by atoms with E-state index in [1.165, 1.54) is 12.0 Å². The molecule has 2 N–H and O–H groups in total. The highest BCUT2D eigenvalue weighted by Gasteiger charge is 2.35. The quantitative estimate of drug-likeness (QED) is 0.838. The van der Waals surface area contributed by atoms with Crippen LogP contribution in [0.2, 0.25) is 0 Å². The molecule has 0 bridgehead atoms. The van der Waals surface area contributed by atoms with Crippen LogP contribution in [0.3, 0.4) is 0 Å². The highest BCUT2D eigenvalue weighted by molar-refractivity contribution is 5.28. The topological polar surface area (TPSA) is 32.3 Å². The van der Waals surface area contributed by atoms with Crippen molar-refractivity contribution in [1.82, 2.24) is 5.32 Å². The van der Waals surface area contributed by atoms with E-state index < -0.39 is 5.60 Å². The van der Waals surface area contributed by atoms with Crippen molar-refractivity contribution >= 4 is 0 Å². The molecule has 1 saturated heterocycles. The fourth-order valence-corrected chi connectivity index (χ4v) is 2.66. The van der Waals surface area contributed by atoms with Crippen molar-refractivity contribution in [3.8, 4) is 0 Å². The SMILES string of the molecule is CCCc1ccc(C(C)(O)C2CCCN2)cc1. The molecule has 1 aromatic rings. The molecule has 94 valence electrons. The fourth-order valence-electron chi connectivity index (χ4n) is 2.66. The first-order valence-corrected chi connectivity index (χ1v) is 6.69. The lowest BCUT2D eigenvalue weighted by Gasteiger charge is -2.31. The maximum atomic E-state index is 10.6. The van der Waals surface area contributed by atoms with Crippen LogP contribution >= 0.6 is 0 Å². The molecule has 1 fully saturated rings. The van der Waals surface area contributed by atoms with Gasteiger partial charge in [0.25, 0.3) is 0 Å². The van der Waals surface area contributed by atoms with E-state index in [-0.39, 0.29) is 6.04 Å². The van der Waals surface area contributed by atoms with Gasteiger partial charge in [-0.3, -0.25) is 0 Å². The molecule has 1 aliphatic rings. The molecule has 2 unspecified atom stereocenters. The third-order valence-electron chi connectivity index (χ3n) is 3.82. The number of nitrogens with one attached hydrogen (secondary N) is 1. The van der Waals surface area contributed by atoms with Crippen molar-refractivity contribution < 1.29 is 5.11 Å². The van der Waals surface area contributed by atoms with E-state index >= 15 is 0 Å². The highest BCUT2D eigenvalue weighted by atomic mass is 16.3. The molecule has 2 heteroatoms. The van der Waals surface area contributed by atoms with Crippen LogP contribution in [0.15, 0.2) is 24.3 Å². The molecule has 17 heavy (non-hydrogen) atoms. The minimum atomic E-state index is -0.749. The van der Waals surface area contributed by atoms with Gasteiger partial charge in [-0.2, -0.15) is 0 Å². The lowest BCUT2D eigenvalue weighted by Crippen LogP contribution is -2.42. The number of aryl methyl sites for hydroxylation is 1. The normalized spacial score (nSPS) is 23.6. The molecule has 2 rings (SSSR count). The average Bonchev–Trinajstić information content (AvgIpc) is 2.84. The molecule has 0 amide bonds. The fraction of sp³-hybridized carbons (Fsp3) is 0.600. The number of benzene rings is 1. The van der Waals surface area contributed by atoms with E-state index in [0.29, 0.717) is 0 Å². The zero-order valence-corrected chi connectivity index (χ0v) is 10.9. The lowest BCUT2D eigenvalue weighted by atomic mass is 9.86. The van der Waals surface area contributed by atoms with Crippen LogP contribution in [0.25, 0.3) is 0 Å². The second kappa shape index (κ2) is 5.19. The Morgan fingerprint density at radius 1 is 1.35 bits per heavy atom. The number of hydrogen-bond acceptors (Lipinski definition) is 2.